The van der Waals surface area contributed by atoms with E-state index < -0.39 is 0 Å². The minimum absolute atomic E-state index is 0.762. The molecule has 0 heterocycles. The van der Waals surface area contributed by atoms with Gasteiger partial charge in [0.2, 0.25) is 0 Å². The molecular weight excluding hydrogens is 168 g/mol. The van der Waals surface area contributed by atoms with Crippen LogP contribution in [0.3, 0.4) is 0 Å². The lowest BCUT2D eigenvalue weighted by Crippen LogP contribution is -2.33. The maximum Gasteiger partial charge on any atom is -0.0139 e. The topological polar surface area (TPSA) is 0 Å². The van der Waals surface area contributed by atoms with E-state index in [1.54, 1.807) is 0 Å². The van der Waals surface area contributed by atoms with Crippen molar-refractivity contribution >= 4 is 0 Å². The highest BCUT2D eigenvalue weighted by atomic mass is 14.5. The molecule has 0 nitrogen and oxygen atoms in total. The largest absolute Gasteiger partial charge is 0.103 e. The summed E-state index contributed by atoms with van der Waals surface area (Å²) in [7, 11) is 0. The minimum Gasteiger partial charge on any atom is -0.103 e. The Bertz CT molecular complexity index is 238. The van der Waals surface area contributed by atoms with Crippen LogP contribution in [0.5, 0.6) is 0 Å². The molecule has 2 rings (SSSR count). The van der Waals surface area contributed by atoms with Gasteiger partial charge in [0, 0.05) is 0 Å². The molecule has 0 amide bonds. The molecule has 0 spiro atoms. The molecular formula is C14H22. The lowest BCUT2D eigenvalue weighted by molar-refractivity contribution is 0.101. The Balaban J connectivity index is 2.06. The predicted octanol–water partition coefficient (Wildman–Crippen LogP) is 4.05. The second kappa shape index (κ2) is 3.92. The predicted molar refractivity (Wildman–Crippen MR) is 62.0 cm³/mol. The molecule has 5 atom stereocenters. The summed E-state index contributed by atoms with van der Waals surface area (Å²) in [6, 6.07) is 0. The minimum atomic E-state index is 0.762. The first-order valence-electron chi connectivity index (χ1n) is 6.07. The zero-order valence-corrected chi connectivity index (χ0v) is 9.45. The van der Waals surface area contributed by atoms with Crippen LogP contribution >= 0.6 is 0 Å². The fourth-order valence-electron chi connectivity index (χ4n) is 3.48. The molecule has 0 saturated heterocycles. The van der Waals surface area contributed by atoms with Gasteiger partial charge < -0.3 is 0 Å². The van der Waals surface area contributed by atoms with Gasteiger partial charge >= 0.3 is 0 Å². The van der Waals surface area contributed by atoms with Gasteiger partial charge in [0.05, 0.1) is 0 Å². The fraction of sp³-hybridized carbons (Fsp3) is 0.714. The van der Waals surface area contributed by atoms with Crippen molar-refractivity contribution < 1.29 is 0 Å². The Morgan fingerprint density at radius 3 is 2.64 bits per heavy atom. The van der Waals surface area contributed by atoms with E-state index in [0.717, 1.165) is 29.6 Å². The molecule has 5 unspecified atom stereocenters. The van der Waals surface area contributed by atoms with E-state index in [1.165, 1.54) is 19.3 Å². The van der Waals surface area contributed by atoms with Crippen LogP contribution in [-0.2, 0) is 0 Å². The third-order valence-electron chi connectivity index (χ3n) is 4.35. The summed E-state index contributed by atoms with van der Waals surface area (Å²) in [5.41, 5.74) is 0. The molecule has 2 fully saturated rings. The molecule has 2 aliphatic carbocycles. The first-order valence-corrected chi connectivity index (χ1v) is 6.07. The van der Waals surface area contributed by atoms with E-state index in [-0.39, 0.29) is 0 Å². The van der Waals surface area contributed by atoms with Crippen molar-refractivity contribution in [3.05, 3.63) is 24.8 Å². The standard InChI is InChI=1S/C14H22/c1-4-6-7-12-11(5-2)9-13-10(3)8-14(12)13/h5-7,10-14H,2,4,8-9H2,1,3H3/b7-6+. The van der Waals surface area contributed by atoms with Crippen LogP contribution in [0.15, 0.2) is 24.8 Å². The van der Waals surface area contributed by atoms with Gasteiger partial charge in [-0.15, -0.1) is 6.58 Å². The summed E-state index contributed by atoms with van der Waals surface area (Å²) in [6.45, 7) is 8.62. The third-order valence-corrected chi connectivity index (χ3v) is 4.35. The summed E-state index contributed by atoms with van der Waals surface area (Å²) in [5.74, 6) is 4.54. The van der Waals surface area contributed by atoms with E-state index >= 15 is 0 Å². The van der Waals surface area contributed by atoms with Crippen molar-refractivity contribution in [2.45, 2.75) is 33.1 Å². The second-order valence-corrected chi connectivity index (χ2v) is 5.09. The van der Waals surface area contributed by atoms with E-state index in [4.69, 9.17) is 0 Å². The molecule has 0 N–H and O–H groups in total. The monoisotopic (exact) mass is 190 g/mol. The van der Waals surface area contributed by atoms with Crippen molar-refractivity contribution in [3.8, 4) is 0 Å². The Kier molecular flexibility index (Phi) is 2.80. The third kappa shape index (κ3) is 1.45. The lowest BCUT2D eigenvalue weighted by Gasteiger charge is -2.40. The van der Waals surface area contributed by atoms with Crippen LogP contribution < -0.4 is 0 Å². The second-order valence-electron chi connectivity index (χ2n) is 5.09. The van der Waals surface area contributed by atoms with Crippen LogP contribution in [0.4, 0.5) is 0 Å². The first-order chi connectivity index (χ1) is 6.77. The SMILES string of the molecule is C=CC1CC2C(C)CC2C1/C=C/CC. The van der Waals surface area contributed by atoms with Gasteiger partial charge in [-0.25, -0.2) is 0 Å². The van der Waals surface area contributed by atoms with Crippen molar-refractivity contribution in [1.29, 1.82) is 0 Å². The molecule has 2 saturated carbocycles. The highest BCUT2D eigenvalue weighted by Gasteiger charge is 2.49. The van der Waals surface area contributed by atoms with Crippen LogP contribution in [0, 0.1) is 29.6 Å². The van der Waals surface area contributed by atoms with Crippen LogP contribution in [0.1, 0.15) is 33.1 Å². The van der Waals surface area contributed by atoms with Crippen LogP contribution in [0.2, 0.25) is 0 Å². The highest BCUT2D eigenvalue weighted by molar-refractivity contribution is 5.10. The van der Waals surface area contributed by atoms with E-state index in [0.29, 0.717) is 0 Å². The normalized spacial score (nSPS) is 46.3. The molecule has 0 aromatic rings. The number of fused-ring (bicyclic) bond motifs is 1. The molecule has 0 heteroatoms. The maximum atomic E-state index is 3.99. The molecule has 0 aliphatic heterocycles. The average molecular weight is 190 g/mol. The maximum absolute atomic E-state index is 3.99. The van der Waals surface area contributed by atoms with Gasteiger partial charge in [0.15, 0.2) is 0 Å². The molecule has 2 aliphatic rings. The van der Waals surface area contributed by atoms with Crippen molar-refractivity contribution in [3.63, 3.8) is 0 Å². The van der Waals surface area contributed by atoms with Gasteiger partial charge in [0.1, 0.15) is 0 Å². The number of rotatable bonds is 3. The molecule has 0 aromatic carbocycles. The number of hydrogen-bond donors (Lipinski definition) is 0. The summed E-state index contributed by atoms with van der Waals surface area (Å²) < 4.78 is 0. The van der Waals surface area contributed by atoms with Gasteiger partial charge in [-0.1, -0.05) is 32.1 Å². The molecule has 78 valence electrons. The number of hydrogen-bond acceptors (Lipinski definition) is 0. The van der Waals surface area contributed by atoms with E-state index in [2.05, 4.69) is 38.7 Å². The van der Waals surface area contributed by atoms with Gasteiger partial charge in [-0.05, 0) is 48.9 Å². The molecule has 0 bridgehead atoms. The smallest absolute Gasteiger partial charge is 0.0139 e. The van der Waals surface area contributed by atoms with Gasteiger partial charge in [0.25, 0.3) is 0 Å². The highest BCUT2D eigenvalue weighted by Crippen LogP contribution is 2.57. The molecule has 0 radical (unpaired) electrons. The van der Waals surface area contributed by atoms with Crippen molar-refractivity contribution in [2.75, 3.05) is 0 Å². The summed E-state index contributed by atoms with van der Waals surface area (Å²) in [6.07, 6.45) is 11.0. The Morgan fingerprint density at radius 2 is 2.07 bits per heavy atom. The summed E-state index contributed by atoms with van der Waals surface area (Å²) >= 11 is 0. The zero-order valence-electron chi connectivity index (χ0n) is 9.45. The van der Waals surface area contributed by atoms with Gasteiger partial charge in [-0.2, -0.15) is 0 Å². The van der Waals surface area contributed by atoms with Crippen molar-refractivity contribution in [2.24, 2.45) is 29.6 Å². The fourth-order valence-corrected chi connectivity index (χ4v) is 3.48. The van der Waals surface area contributed by atoms with Crippen LogP contribution in [0.25, 0.3) is 0 Å². The Labute approximate surface area is 88.1 Å². The average Bonchev–Trinajstić information content (AvgIpc) is 2.47. The van der Waals surface area contributed by atoms with Crippen molar-refractivity contribution in [1.82, 2.24) is 0 Å². The Hall–Kier alpha value is -0.520. The summed E-state index contributed by atoms with van der Waals surface area (Å²) in [5, 5.41) is 0. The molecule has 14 heavy (non-hydrogen) atoms. The zero-order chi connectivity index (χ0) is 10.1. The lowest BCUT2D eigenvalue weighted by atomic mass is 9.65. The van der Waals surface area contributed by atoms with E-state index in [1.807, 2.05) is 0 Å². The van der Waals surface area contributed by atoms with Gasteiger partial charge in [-0.3, -0.25) is 0 Å². The number of allylic oxidation sites excluding steroid dienone is 3. The summed E-state index contributed by atoms with van der Waals surface area (Å²) in [4.78, 5) is 0. The molecule has 0 aromatic heterocycles. The first kappa shape index (κ1) is 10.0. The van der Waals surface area contributed by atoms with Crippen LogP contribution in [-0.4, -0.2) is 0 Å². The van der Waals surface area contributed by atoms with E-state index in [9.17, 15) is 0 Å². The quantitative estimate of drug-likeness (QED) is 0.589. The Morgan fingerprint density at radius 1 is 1.29 bits per heavy atom.